The zero-order valence-electron chi connectivity index (χ0n) is 8.07. The van der Waals surface area contributed by atoms with E-state index in [4.69, 9.17) is 10.8 Å². The van der Waals surface area contributed by atoms with E-state index in [1.54, 1.807) is 12.1 Å². The average molecular weight is 209 g/mol. The Morgan fingerprint density at radius 3 is 3.07 bits per heavy atom. The molecule has 4 nitrogen and oxygen atoms in total. The molecule has 1 aromatic carbocycles. The van der Waals surface area contributed by atoms with Gasteiger partial charge in [0.25, 0.3) is 0 Å². The number of nitrogens with one attached hydrogen (secondary N) is 1. The summed E-state index contributed by atoms with van der Waals surface area (Å²) in [6.07, 6.45) is 0.383. The zero-order valence-corrected chi connectivity index (χ0v) is 8.07. The molecule has 0 bridgehead atoms. The molecule has 0 saturated carbocycles. The van der Waals surface area contributed by atoms with Gasteiger partial charge in [-0.3, -0.25) is 5.10 Å². The van der Waals surface area contributed by atoms with Crippen molar-refractivity contribution in [3.8, 4) is 0 Å². The number of aromatic nitrogens is 2. The zero-order chi connectivity index (χ0) is 10.8. The van der Waals surface area contributed by atoms with E-state index in [0.29, 0.717) is 23.0 Å². The summed E-state index contributed by atoms with van der Waals surface area (Å²) < 4.78 is 13.5. The highest BCUT2D eigenvalue weighted by molar-refractivity contribution is 5.81. The first-order chi connectivity index (χ1) is 7.22. The van der Waals surface area contributed by atoms with E-state index in [1.165, 1.54) is 6.07 Å². The number of halogens is 1. The van der Waals surface area contributed by atoms with Crippen molar-refractivity contribution in [3.63, 3.8) is 0 Å². The minimum absolute atomic E-state index is 0.130. The fourth-order valence-electron chi connectivity index (χ4n) is 1.56. The van der Waals surface area contributed by atoms with Crippen LogP contribution < -0.4 is 5.73 Å². The first-order valence-electron chi connectivity index (χ1n) is 4.70. The van der Waals surface area contributed by atoms with Gasteiger partial charge in [-0.2, -0.15) is 5.10 Å². The van der Waals surface area contributed by atoms with Gasteiger partial charge in [-0.15, -0.1) is 0 Å². The standard InChI is InChI=1S/C10H12FN3O/c11-7-2-1-3-8-10(7)9(14-13-8)4-6(12)5-15/h1-3,6,15H,4-5,12H2,(H,13,14). The highest BCUT2D eigenvalue weighted by Crippen LogP contribution is 2.19. The van der Waals surface area contributed by atoms with E-state index in [2.05, 4.69) is 10.2 Å². The van der Waals surface area contributed by atoms with E-state index in [-0.39, 0.29) is 12.4 Å². The second kappa shape index (κ2) is 3.96. The Balaban J connectivity index is 2.43. The monoisotopic (exact) mass is 209 g/mol. The van der Waals surface area contributed by atoms with Crippen LogP contribution in [0.25, 0.3) is 10.9 Å². The first-order valence-corrected chi connectivity index (χ1v) is 4.70. The smallest absolute Gasteiger partial charge is 0.134 e. The molecule has 80 valence electrons. The summed E-state index contributed by atoms with van der Waals surface area (Å²) in [4.78, 5) is 0. The Morgan fingerprint density at radius 2 is 2.33 bits per heavy atom. The van der Waals surface area contributed by atoms with E-state index >= 15 is 0 Å². The molecule has 1 heterocycles. The number of aromatic amines is 1. The van der Waals surface area contributed by atoms with Crippen LogP contribution in [0.4, 0.5) is 4.39 Å². The van der Waals surface area contributed by atoms with Crippen LogP contribution in [0.2, 0.25) is 0 Å². The lowest BCUT2D eigenvalue weighted by atomic mass is 10.1. The van der Waals surface area contributed by atoms with E-state index in [1.807, 2.05) is 0 Å². The summed E-state index contributed by atoms with van der Waals surface area (Å²) in [6.45, 7) is -0.130. The summed E-state index contributed by atoms with van der Waals surface area (Å²) in [5.41, 5.74) is 6.79. The van der Waals surface area contributed by atoms with Crippen LogP contribution >= 0.6 is 0 Å². The Hall–Kier alpha value is -1.46. The molecular formula is C10H12FN3O. The van der Waals surface area contributed by atoms with Crippen molar-refractivity contribution >= 4 is 10.9 Å². The van der Waals surface area contributed by atoms with Crippen molar-refractivity contribution in [3.05, 3.63) is 29.7 Å². The number of rotatable bonds is 3. The minimum atomic E-state index is -0.395. The molecule has 2 rings (SSSR count). The van der Waals surface area contributed by atoms with Gasteiger partial charge in [-0.25, -0.2) is 4.39 Å². The third-order valence-corrected chi connectivity index (χ3v) is 2.31. The van der Waals surface area contributed by atoms with Gasteiger partial charge in [-0.1, -0.05) is 6.07 Å². The number of fused-ring (bicyclic) bond motifs is 1. The van der Waals surface area contributed by atoms with Crippen molar-refractivity contribution in [1.82, 2.24) is 10.2 Å². The molecule has 1 atom stereocenters. The molecule has 0 radical (unpaired) electrons. The van der Waals surface area contributed by atoms with E-state index in [0.717, 1.165) is 0 Å². The lowest BCUT2D eigenvalue weighted by Gasteiger charge is -2.05. The normalized spacial score (nSPS) is 13.3. The predicted octanol–water partition coefficient (Wildman–Crippen LogP) is 0.564. The molecular weight excluding hydrogens is 197 g/mol. The highest BCUT2D eigenvalue weighted by Gasteiger charge is 2.12. The Labute approximate surface area is 85.9 Å². The van der Waals surface area contributed by atoms with Crippen molar-refractivity contribution in [2.45, 2.75) is 12.5 Å². The fourth-order valence-corrected chi connectivity index (χ4v) is 1.56. The summed E-state index contributed by atoms with van der Waals surface area (Å²) >= 11 is 0. The maximum absolute atomic E-state index is 13.5. The molecule has 0 aliphatic heterocycles. The molecule has 0 spiro atoms. The number of hydrogen-bond acceptors (Lipinski definition) is 3. The summed E-state index contributed by atoms with van der Waals surface area (Å²) in [6, 6.07) is 4.32. The molecule has 0 aliphatic carbocycles. The van der Waals surface area contributed by atoms with Crippen molar-refractivity contribution < 1.29 is 9.50 Å². The van der Waals surface area contributed by atoms with E-state index in [9.17, 15) is 4.39 Å². The number of aliphatic hydroxyl groups excluding tert-OH is 1. The Kier molecular flexibility index (Phi) is 2.66. The van der Waals surface area contributed by atoms with Crippen LogP contribution in [0.1, 0.15) is 5.69 Å². The molecule has 15 heavy (non-hydrogen) atoms. The number of benzene rings is 1. The lowest BCUT2D eigenvalue weighted by molar-refractivity contribution is 0.265. The first kappa shape index (κ1) is 10.1. The molecule has 2 aromatic rings. The minimum Gasteiger partial charge on any atom is -0.395 e. The topological polar surface area (TPSA) is 74.9 Å². The SMILES string of the molecule is NC(CO)Cc1[nH]nc2cccc(F)c12. The van der Waals surface area contributed by atoms with Gasteiger partial charge in [0.2, 0.25) is 0 Å². The maximum Gasteiger partial charge on any atom is 0.134 e. The molecule has 4 N–H and O–H groups in total. The molecule has 0 fully saturated rings. The maximum atomic E-state index is 13.5. The van der Waals surface area contributed by atoms with Crippen LogP contribution in [0.5, 0.6) is 0 Å². The quantitative estimate of drug-likeness (QED) is 0.691. The Morgan fingerprint density at radius 1 is 1.53 bits per heavy atom. The highest BCUT2D eigenvalue weighted by atomic mass is 19.1. The van der Waals surface area contributed by atoms with Crippen LogP contribution in [-0.2, 0) is 6.42 Å². The second-order valence-electron chi connectivity index (χ2n) is 3.48. The predicted molar refractivity (Wildman–Crippen MR) is 54.8 cm³/mol. The molecule has 0 amide bonds. The third-order valence-electron chi connectivity index (χ3n) is 2.31. The van der Waals surface area contributed by atoms with Crippen LogP contribution in [-0.4, -0.2) is 28.0 Å². The lowest BCUT2D eigenvalue weighted by Crippen LogP contribution is -2.27. The van der Waals surface area contributed by atoms with Gasteiger partial charge < -0.3 is 10.8 Å². The van der Waals surface area contributed by atoms with Crippen LogP contribution in [0, 0.1) is 5.82 Å². The van der Waals surface area contributed by atoms with E-state index < -0.39 is 6.04 Å². The second-order valence-corrected chi connectivity index (χ2v) is 3.48. The Bertz CT molecular complexity index is 469. The van der Waals surface area contributed by atoms with Crippen molar-refractivity contribution in [2.24, 2.45) is 5.73 Å². The van der Waals surface area contributed by atoms with Crippen molar-refractivity contribution in [1.29, 1.82) is 0 Å². The summed E-state index contributed by atoms with van der Waals surface area (Å²) in [7, 11) is 0. The van der Waals surface area contributed by atoms with Gasteiger partial charge in [0, 0.05) is 18.2 Å². The average Bonchev–Trinajstić information content (AvgIpc) is 2.63. The van der Waals surface area contributed by atoms with Gasteiger partial charge >= 0.3 is 0 Å². The van der Waals surface area contributed by atoms with Gasteiger partial charge in [0.1, 0.15) is 5.82 Å². The molecule has 1 unspecified atom stereocenters. The summed E-state index contributed by atoms with van der Waals surface area (Å²) in [5, 5.41) is 16.0. The number of nitrogens with two attached hydrogens (primary N) is 1. The number of hydrogen-bond donors (Lipinski definition) is 3. The number of H-pyrrole nitrogens is 1. The van der Waals surface area contributed by atoms with Gasteiger partial charge in [0.05, 0.1) is 17.5 Å². The third kappa shape index (κ3) is 1.84. The number of nitrogens with zero attached hydrogens (tertiary/aromatic N) is 1. The molecule has 0 saturated heterocycles. The fraction of sp³-hybridized carbons (Fsp3) is 0.300. The largest absolute Gasteiger partial charge is 0.395 e. The summed E-state index contributed by atoms with van der Waals surface area (Å²) in [5.74, 6) is -0.318. The van der Waals surface area contributed by atoms with Gasteiger partial charge in [0.15, 0.2) is 0 Å². The molecule has 0 aliphatic rings. The van der Waals surface area contributed by atoms with Crippen LogP contribution in [0.15, 0.2) is 18.2 Å². The molecule has 5 heteroatoms. The molecule has 1 aromatic heterocycles. The number of aliphatic hydroxyl groups is 1. The van der Waals surface area contributed by atoms with Crippen LogP contribution in [0.3, 0.4) is 0 Å². The van der Waals surface area contributed by atoms with Gasteiger partial charge in [-0.05, 0) is 12.1 Å². The van der Waals surface area contributed by atoms with Crippen molar-refractivity contribution in [2.75, 3.05) is 6.61 Å².